The Morgan fingerprint density at radius 1 is 1.44 bits per heavy atom. The van der Waals surface area contributed by atoms with Crippen LogP contribution in [0, 0.1) is 6.92 Å². The molecule has 1 fully saturated rings. The Morgan fingerprint density at radius 3 is 3.00 bits per heavy atom. The SMILES string of the molecule is Cc1cc(Cl)c2c(c1)nc(C1CCCNC1)n2C. The molecule has 1 saturated heterocycles. The third-order valence-corrected chi connectivity index (χ3v) is 4.05. The van der Waals surface area contributed by atoms with Crippen molar-refractivity contribution >= 4 is 22.6 Å². The molecule has 3 rings (SSSR count). The highest BCUT2D eigenvalue weighted by atomic mass is 35.5. The van der Waals surface area contributed by atoms with Gasteiger partial charge in [-0.05, 0) is 44.0 Å². The lowest BCUT2D eigenvalue weighted by molar-refractivity contribution is 0.440. The maximum absolute atomic E-state index is 6.34. The zero-order chi connectivity index (χ0) is 12.7. The minimum absolute atomic E-state index is 0.507. The van der Waals surface area contributed by atoms with E-state index in [2.05, 4.69) is 29.9 Å². The number of piperidine rings is 1. The summed E-state index contributed by atoms with van der Waals surface area (Å²) < 4.78 is 2.16. The van der Waals surface area contributed by atoms with Crippen LogP contribution < -0.4 is 5.32 Å². The monoisotopic (exact) mass is 263 g/mol. The largest absolute Gasteiger partial charge is 0.330 e. The fourth-order valence-electron chi connectivity index (χ4n) is 2.88. The second-order valence-electron chi connectivity index (χ2n) is 5.19. The van der Waals surface area contributed by atoms with E-state index in [1.807, 2.05) is 6.07 Å². The summed E-state index contributed by atoms with van der Waals surface area (Å²) in [7, 11) is 2.07. The fraction of sp³-hybridized carbons (Fsp3) is 0.500. The molecule has 4 heteroatoms. The summed E-state index contributed by atoms with van der Waals surface area (Å²) in [5.74, 6) is 1.66. The molecule has 0 saturated carbocycles. The van der Waals surface area contributed by atoms with Crippen LogP contribution in [0.4, 0.5) is 0 Å². The quantitative estimate of drug-likeness (QED) is 0.857. The van der Waals surface area contributed by atoms with Gasteiger partial charge in [0.05, 0.1) is 16.1 Å². The van der Waals surface area contributed by atoms with Crippen molar-refractivity contribution in [2.75, 3.05) is 13.1 Å². The number of benzene rings is 1. The number of halogens is 1. The van der Waals surface area contributed by atoms with Crippen molar-refractivity contribution in [2.45, 2.75) is 25.7 Å². The average Bonchev–Trinajstić information content (AvgIpc) is 2.67. The zero-order valence-electron chi connectivity index (χ0n) is 10.8. The highest BCUT2D eigenvalue weighted by Crippen LogP contribution is 2.30. The third kappa shape index (κ3) is 1.91. The molecule has 1 N–H and O–H groups in total. The second-order valence-corrected chi connectivity index (χ2v) is 5.59. The van der Waals surface area contributed by atoms with Gasteiger partial charge in [0.1, 0.15) is 5.82 Å². The molecule has 1 aliphatic heterocycles. The maximum atomic E-state index is 6.34. The average molecular weight is 264 g/mol. The van der Waals surface area contributed by atoms with Crippen LogP contribution in [-0.2, 0) is 7.05 Å². The molecule has 96 valence electrons. The number of nitrogens with one attached hydrogen (secondary N) is 1. The van der Waals surface area contributed by atoms with Crippen LogP contribution in [0.1, 0.15) is 30.1 Å². The van der Waals surface area contributed by atoms with Gasteiger partial charge in [0.15, 0.2) is 0 Å². The Balaban J connectivity index is 2.13. The lowest BCUT2D eigenvalue weighted by Gasteiger charge is -2.22. The first-order valence-corrected chi connectivity index (χ1v) is 6.88. The van der Waals surface area contributed by atoms with E-state index < -0.39 is 0 Å². The lowest BCUT2D eigenvalue weighted by Crippen LogP contribution is -2.29. The molecule has 1 aliphatic rings. The standard InChI is InChI=1S/C14H18ClN3/c1-9-6-11(15)13-12(7-9)17-14(18(13)2)10-4-3-5-16-8-10/h6-7,10,16H,3-5,8H2,1-2H3. The van der Waals surface area contributed by atoms with Gasteiger partial charge in [-0.3, -0.25) is 0 Å². The van der Waals surface area contributed by atoms with E-state index in [1.54, 1.807) is 0 Å². The van der Waals surface area contributed by atoms with E-state index in [0.29, 0.717) is 5.92 Å². The molecular formula is C14H18ClN3. The van der Waals surface area contributed by atoms with Gasteiger partial charge in [-0.25, -0.2) is 4.98 Å². The molecule has 0 spiro atoms. The third-order valence-electron chi connectivity index (χ3n) is 3.76. The first-order valence-electron chi connectivity index (χ1n) is 6.50. The predicted octanol–water partition coefficient (Wildman–Crippen LogP) is 3.00. The minimum Gasteiger partial charge on any atom is -0.330 e. The van der Waals surface area contributed by atoms with Crippen LogP contribution in [0.3, 0.4) is 0 Å². The molecule has 1 atom stereocenters. The zero-order valence-corrected chi connectivity index (χ0v) is 11.6. The fourth-order valence-corrected chi connectivity index (χ4v) is 3.28. The summed E-state index contributed by atoms with van der Waals surface area (Å²) in [5.41, 5.74) is 3.24. The first kappa shape index (κ1) is 12.0. The normalized spacial score (nSPS) is 20.5. The first-order chi connectivity index (χ1) is 8.66. The molecule has 0 amide bonds. The van der Waals surface area contributed by atoms with Gasteiger partial charge >= 0.3 is 0 Å². The van der Waals surface area contributed by atoms with Gasteiger partial charge in [-0.1, -0.05) is 11.6 Å². The molecule has 18 heavy (non-hydrogen) atoms. The van der Waals surface area contributed by atoms with Crippen molar-refractivity contribution in [3.63, 3.8) is 0 Å². The highest BCUT2D eigenvalue weighted by Gasteiger charge is 2.21. The molecule has 0 bridgehead atoms. The Bertz CT molecular complexity index is 582. The summed E-state index contributed by atoms with van der Waals surface area (Å²) in [6.07, 6.45) is 2.43. The number of aryl methyl sites for hydroxylation is 2. The van der Waals surface area contributed by atoms with E-state index in [0.717, 1.165) is 35.0 Å². The second kappa shape index (κ2) is 4.56. The number of fused-ring (bicyclic) bond motifs is 1. The molecule has 1 unspecified atom stereocenters. The van der Waals surface area contributed by atoms with Crippen molar-refractivity contribution in [2.24, 2.45) is 7.05 Å². The number of imidazole rings is 1. The molecule has 1 aromatic carbocycles. The summed E-state index contributed by atoms with van der Waals surface area (Å²) in [6.45, 7) is 4.20. The summed E-state index contributed by atoms with van der Waals surface area (Å²) in [6, 6.07) is 4.12. The van der Waals surface area contributed by atoms with Gasteiger partial charge in [0.2, 0.25) is 0 Å². The van der Waals surface area contributed by atoms with E-state index in [1.165, 1.54) is 18.4 Å². The van der Waals surface area contributed by atoms with Crippen LogP contribution >= 0.6 is 11.6 Å². The van der Waals surface area contributed by atoms with E-state index in [-0.39, 0.29) is 0 Å². The Labute approximate surface area is 112 Å². The number of rotatable bonds is 1. The molecule has 1 aromatic heterocycles. The van der Waals surface area contributed by atoms with Crippen LogP contribution in [0.15, 0.2) is 12.1 Å². The Hall–Kier alpha value is -1.06. The van der Waals surface area contributed by atoms with Crippen molar-refractivity contribution in [1.82, 2.24) is 14.9 Å². The van der Waals surface area contributed by atoms with Gasteiger partial charge < -0.3 is 9.88 Å². The smallest absolute Gasteiger partial charge is 0.114 e. The van der Waals surface area contributed by atoms with E-state index >= 15 is 0 Å². The molecule has 2 heterocycles. The van der Waals surface area contributed by atoms with Crippen molar-refractivity contribution in [3.05, 3.63) is 28.5 Å². The van der Waals surface area contributed by atoms with Crippen LogP contribution in [0.2, 0.25) is 5.02 Å². The number of nitrogens with zero attached hydrogens (tertiary/aromatic N) is 2. The van der Waals surface area contributed by atoms with Crippen molar-refractivity contribution < 1.29 is 0 Å². The highest BCUT2D eigenvalue weighted by molar-refractivity contribution is 6.35. The van der Waals surface area contributed by atoms with Gasteiger partial charge in [0, 0.05) is 19.5 Å². The number of hydrogen-bond donors (Lipinski definition) is 1. The minimum atomic E-state index is 0.507. The molecule has 3 nitrogen and oxygen atoms in total. The van der Waals surface area contributed by atoms with Gasteiger partial charge in [0.25, 0.3) is 0 Å². The van der Waals surface area contributed by atoms with Gasteiger partial charge in [-0.2, -0.15) is 0 Å². The summed E-state index contributed by atoms with van der Waals surface area (Å²) in [5, 5.41) is 4.25. The Morgan fingerprint density at radius 2 is 2.28 bits per heavy atom. The van der Waals surface area contributed by atoms with E-state index in [4.69, 9.17) is 16.6 Å². The number of hydrogen-bond acceptors (Lipinski definition) is 2. The van der Waals surface area contributed by atoms with Gasteiger partial charge in [-0.15, -0.1) is 0 Å². The topological polar surface area (TPSA) is 29.9 Å². The van der Waals surface area contributed by atoms with E-state index in [9.17, 15) is 0 Å². The molecule has 0 aliphatic carbocycles. The summed E-state index contributed by atoms with van der Waals surface area (Å²) >= 11 is 6.34. The van der Waals surface area contributed by atoms with Crippen LogP contribution in [-0.4, -0.2) is 22.6 Å². The maximum Gasteiger partial charge on any atom is 0.114 e. The lowest BCUT2D eigenvalue weighted by atomic mass is 9.99. The van der Waals surface area contributed by atoms with Crippen molar-refractivity contribution in [3.8, 4) is 0 Å². The molecular weight excluding hydrogens is 246 g/mol. The Kier molecular flexibility index (Phi) is 3.04. The molecule has 2 aromatic rings. The molecule has 0 radical (unpaired) electrons. The van der Waals surface area contributed by atoms with Crippen LogP contribution in [0.5, 0.6) is 0 Å². The predicted molar refractivity (Wildman–Crippen MR) is 75.3 cm³/mol. The summed E-state index contributed by atoms with van der Waals surface area (Å²) in [4.78, 5) is 4.80. The number of aromatic nitrogens is 2. The van der Waals surface area contributed by atoms with Crippen molar-refractivity contribution in [1.29, 1.82) is 0 Å². The van der Waals surface area contributed by atoms with Crippen LogP contribution in [0.25, 0.3) is 11.0 Å².